The Balaban J connectivity index is 2.06. The third kappa shape index (κ3) is 5.08. The summed E-state index contributed by atoms with van der Waals surface area (Å²) in [7, 11) is -0.740. The number of nitrogens with one attached hydrogen (secondary N) is 1. The Kier molecular flexibility index (Phi) is 6.62. The summed E-state index contributed by atoms with van der Waals surface area (Å²) in [4.78, 5) is 12.6. The first-order valence-electron chi connectivity index (χ1n) is 8.62. The lowest BCUT2D eigenvalue weighted by Gasteiger charge is -2.20. The number of carbonyl (C=O) groups is 1. The molecule has 1 amide bonds. The van der Waals surface area contributed by atoms with Crippen molar-refractivity contribution < 1.29 is 17.9 Å². The van der Waals surface area contributed by atoms with Crippen molar-refractivity contribution in [2.24, 2.45) is 0 Å². The van der Waals surface area contributed by atoms with Crippen LogP contribution >= 0.6 is 0 Å². The Morgan fingerprint density at radius 1 is 1.15 bits per heavy atom. The zero-order valence-electron chi connectivity index (χ0n) is 16.3. The molecule has 1 N–H and O–H groups in total. The standard InChI is InChI=1S/C20H26N2O4S/c1-14-6-7-15(2)19(12-14)27(24,25)22(4)13-20(23)21-16(3)17-8-10-18(26-5)11-9-17/h6-12,16H,13H2,1-5H3,(H,21,23)/t16-/m0/s1. The maximum atomic E-state index is 12.8. The highest BCUT2D eigenvalue weighted by Gasteiger charge is 2.25. The number of sulfonamides is 1. The van der Waals surface area contributed by atoms with Gasteiger partial charge in [0.05, 0.1) is 24.6 Å². The molecule has 2 rings (SSSR count). The van der Waals surface area contributed by atoms with E-state index in [9.17, 15) is 13.2 Å². The Morgan fingerprint density at radius 2 is 1.78 bits per heavy atom. The molecule has 0 aliphatic carbocycles. The molecule has 1 atom stereocenters. The van der Waals surface area contributed by atoms with Gasteiger partial charge in [0.25, 0.3) is 0 Å². The lowest BCUT2D eigenvalue weighted by atomic mass is 10.1. The van der Waals surface area contributed by atoms with E-state index in [0.717, 1.165) is 21.2 Å². The molecule has 0 bridgehead atoms. The number of hydrogen-bond acceptors (Lipinski definition) is 4. The fourth-order valence-corrected chi connectivity index (χ4v) is 4.14. The number of carbonyl (C=O) groups excluding carboxylic acids is 1. The van der Waals surface area contributed by atoms with Gasteiger partial charge in [-0.1, -0.05) is 24.3 Å². The predicted molar refractivity (Wildman–Crippen MR) is 105 cm³/mol. The minimum Gasteiger partial charge on any atom is -0.497 e. The summed E-state index contributed by atoms with van der Waals surface area (Å²) >= 11 is 0. The quantitative estimate of drug-likeness (QED) is 0.789. The van der Waals surface area contributed by atoms with E-state index in [0.29, 0.717) is 5.56 Å². The van der Waals surface area contributed by atoms with E-state index < -0.39 is 10.0 Å². The first-order valence-corrected chi connectivity index (χ1v) is 10.1. The van der Waals surface area contributed by atoms with Gasteiger partial charge in [0.15, 0.2) is 0 Å². The topological polar surface area (TPSA) is 75.7 Å². The number of ether oxygens (including phenoxy) is 1. The largest absolute Gasteiger partial charge is 0.497 e. The molecule has 0 aromatic heterocycles. The second kappa shape index (κ2) is 8.54. The smallest absolute Gasteiger partial charge is 0.243 e. The van der Waals surface area contributed by atoms with Crippen LogP contribution in [0, 0.1) is 13.8 Å². The molecular formula is C20H26N2O4S. The highest BCUT2D eigenvalue weighted by Crippen LogP contribution is 2.21. The van der Waals surface area contributed by atoms with Gasteiger partial charge in [0.2, 0.25) is 15.9 Å². The third-order valence-corrected chi connectivity index (χ3v) is 6.34. The molecule has 146 valence electrons. The second-order valence-corrected chi connectivity index (χ2v) is 8.61. The number of aryl methyl sites for hydroxylation is 2. The minimum absolute atomic E-state index is 0.223. The van der Waals surface area contributed by atoms with Gasteiger partial charge in [0, 0.05) is 7.05 Å². The van der Waals surface area contributed by atoms with E-state index in [1.165, 1.54) is 7.05 Å². The van der Waals surface area contributed by atoms with Crippen molar-refractivity contribution in [1.82, 2.24) is 9.62 Å². The average molecular weight is 391 g/mol. The van der Waals surface area contributed by atoms with Crippen molar-refractivity contribution in [3.05, 3.63) is 59.2 Å². The average Bonchev–Trinajstić information content (AvgIpc) is 2.63. The molecule has 6 nitrogen and oxygen atoms in total. The number of rotatable bonds is 7. The molecule has 0 unspecified atom stereocenters. The van der Waals surface area contributed by atoms with E-state index in [4.69, 9.17) is 4.74 Å². The summed E-state index contributed by atoms with van der Waals surface area (Å²) in [5.74, 6) is 0.367. The molecule has 0 saturated heterocycles. The van der Waals surface area contributed by atoms with Gasteiger partial charge in [-0.2, -0.15) is 4.31 Å². The summed E-state index contributed by atoms with van der Waals surface area (Å²) in [5.41, 5.74) is 2.41. The summed E-state index contributed by atoms with van der Waals surface area (Å²) in [5, 5.41) is 2.83. The van der Waals surface area contributed by atoms with Gasteiger partial charge in [-0.15, -0.1) is 0 Å². The van der Waals surface area contributed by atoms with Crippen LogP contribution in [0.15, 0.2) is 47.4 Å². The van der Waals surface area contributed by atoms with Crippen LogP contribution in [0.4, 0.5) is 0 Å². The molecule has 0 aliphatic rings. The Hall–Kier alpha value is -2.38. The van der Waals surface area contributed by atoms with Crippen molar-refractivity contribution in [3.8, 4) is 5.75 Å². The first kappa shape index (κ1) is 20.9. The number of methoxy groups -OCH3 is 1. The SMILES string of the molecule is COc1ccc([C@H](C)NC(=O)CN(C)S(=O)(=O)c2cc(C)ccc2C)cc1. The van der Waals surface area contributed by atoms with E-state index in [-0.39, 0.29) is 23.4 Å². The molecule has 0 spiro atoms. The van der Waals surface area contributed by atoms with Crippen LogP contribution in [-0.2, 0) is 14.8 Å². The van der Waals surface area contributed by atoms with E-state index in [2.05, 4.69) is 5.32 Å². The molecule has 0 fully saturated rings. The molecule has 0 heterocycles. The molecule has 2 aromatic rings. The summed E-state index contributed by atoms with van der Waals surface area (Å²) in [6, 6.07) is 12.4. The van der Waals surface area contributed by atoms with Crippen LogP contribution in [0.1, 0.15) is 29.7 Å². The van der Waals surface area contributed by atoms with Gasteiger partial charge in [-0.05, 0) is 55.7 Å². The predicted octanol–water partition coefficient (Wildman–Crippen LogP) is 2.81. The van der Waals surface area contributed by atoms with Crippen molar-refractivity contribution in [1.29, 1.82) is 0 Å². The van der Waals surface area contributed by atoms with Gasteiger partial charge in [-0.25, -0.2) is 8.42 Å². The van der Waals surface area contributed by atoms with E-state index in [1.54, 1.807) is 26.2 Å². The van der Waals surface area contributed by atoms with E-state index >= 15 is 0 Å². The van der Waals surface area contributed by atoms with Gasteiger partial charge >= 0.3 is 0 Å². The molecule has 27 heavy (non-hydrogen) atoms. The van der Waals surface area contributed by atoms with Gasteiger partial charge in [-0.3, -0.25) is 4.79 Å². The normalized spacial score (nSPS) is 12.7. The monoisotopic (exact) mass is 390 g/mol. The number of nitrogens with zero attached hydrogens (tertiary/aromatic N) is 1. The fraction of sp³-hybridized carbons (Fsp3) is 0.350. The maximum absolute atomic E-state index is 12.8. The number of benzene rings is 2. The number of hydrogen-bond donors (Lipinski definition) is 1. The van der Waals surface area contributed by atoms with Crippen LogP contribution in [0.5, 0.6) is 5.75 Å². The molecule has 7 heteroatoms. The molecule has 2 aromatic carbocycles. The van der Waals surface area contributed by atoms with Crippen molar-refractivity contribution in [3.63, 3.8) is 0 Å². The van der Waals surface area contributed by atoms with Crippen LogP contribution in [0.25, 0.3) is 0 Å². The third-order valence-electron chi connectivity index (χ3n) is 4.39. The summed E-state index contributed by atoms with van der Waals surface area (Å²) in [6.07, 6.45) is 0. The fourth-order valence-electron chi connectivity index (χ4n) is 2.70. The molecular weight excluding hydrogens is 364 g/mol. The van der Waals surface area contributed by atoms with Crippen LogP contribution in [0.3, 0.4) is 0 Å². The zero-order valence-corrected chi connectivity index (χ0v) is 17.1. The lowest BCUT2D eigenvalue weighted by molar-refractivity contribution is -0.121. The molecule has 0 radical (unpaired) electrons. The van der Waals surface area contributed by atoms with Crippen LogP contribution < -0.4 is 10.1 Å². The van der Waals surface area contributed by atoms with Crippen LogP contribution in [-0.4, -0.2) is 39.3 Å². The number of amides is 1. The first-order chi connectivity index (χ1) is 12.6. The second-order valence-electron chi connectivity index (χ2n) is 6.59. The highest BCUT2D eigenvalue weighted by molar-refractivity contribution is 7.89. The minimum atomic E-state index is -3.74. The lowest BCUT2D eigenvalue weighted by Crippen LogP contribution is -2.39. The zero-order chi connectivity index (χ0) is 20.2. The molecule has 0 aliphatic heterocycles. The number of likely N-dealkylation sites (N-methyl/N-ethyl adjacent to an activating group) is 1. The summed E-state index contributed by atoms with van der Waals surface area (Å²) in [6.45, 7) is 5.17. The Bertz CT molecular complexity index is 908. The maximum Gasteiger partial charge on any atom is 0.243 e. The Morgan fingerprint density at radius 3 is 2.37 bits per heavy atom. The van der Waals surface area contributed by atoms with Gasteiger partial charge in [0.1, 0.15) is 5.75 Å². The van der Waals surface area contributed by atoms with Crippen molar-refractivity contribution in [2.75, 3.05) is 20.7 Å². The van der Waals surface area contributed by atoms with Gasteiger partial charge < -0.3 is 10.1 Å². The molecule has 0 saturated carbocycles. The summed E-state index contributed by atoms with van der Waals surface area (Å²) < 4.78 is 31.8. The van der Waals surface area contributed by atoms with Crippen LogP contribution in [0.2, 0.25) is 0 Å². The van der Waals surface area contributed by atoms with E-state index in [1.807, 2.05) is 44.2 Å². The van der Waals surface area contributed by atoms with Crippen molar-refractivity contribution >= 4 is 15.9 Å². The van der Waals surface area contributed by atoms with Crippen molar-refractivity contribution in [2.45, 2.75) is 31.7 Å². The highest BCUT2D eigenvalue weighted by atomic mass is 32.2. The Labute approximate surface area is 161 Å².